The summed E-state index contributed by atoms with van der Waals surface area (Å²) in [6.07, 6.45) is 3.73. The molecule has 0 radical (unpaired) electrons. The van der Waals surface area contributed by atoms with E-state index in [1.165, 1.54) is 0 Å². The molecule has 0 aromatic carbocycles. The summed E-state index contributed by atoms with van der Waals surface area (Å²) in [6.45, 7) is 1.97. The minimum absolute atomic E-state index is 1.06. The van der Waals surface area contributed by atoms with Crippen LogP contribution in [-0.2, 0) is 0 Å². The molecule has 1 rings (SSSR count). The summed E-state index contributed by atoms with van der Waals surface area (Å²) in [5.41, 5.74) is 1.06. The lowest BCUT2D eigenvalue weighted by Gasteiger charge is -1.74. The van der Waals surface area contributed by atoms with Gasteiger partial charge in [-0.25, -0.2) is 4.98 Å². The number of hydrogen-bond acceptors (Lipinski definition) is 1. The van der Waals surface area contributed by atoms with Crippen molar-refractivity contribution in [1.82, 2.24) is 7.76 Å². The number of rotatable bonds is 0. The van der Waals surface area contributed by atoms with Gasteiger partial charge in [-0.05, 0) is 6.92 Å². The summed E-state index contributed by atoms with van der Waals surface area (Å²) < 4.78 is 1.90. The van der Waals surface area contributed by atoms with E-state index in [2.05, 4.69) is 27.8 Å². The molecule has 1 aromatic rings. The van der Waals surface area contributed by atoms with Gasteiger partial charge in [0.15, 0.2) is 0 Å². The smallest absolute Gasteiger partial charge is 0.104 e. The van der Waals surface area contributed by atoms with Crippen molar-refractivity contribution in [3.63, 3.8) is 0 Å². The average molecular weight is 208 g/mol. The van der Waals surface area contributed by atoms with Crippen LogP contribution in [0.3, 0.4) is 0 Å². The Morgan fingerprint density at radius 3 is 2.71 bits per heavy atom. The zero-order chi connectivity index (χ0) is 5.28. The maximum atomic E-state index is 3.97. The molecule has 0 unspecified atom stereocenters. The first-order valence-electron chi connectivity index (χ1n) is 1.96. The van der Waals surface area contributed by atoms with Crippen molar-refractivity contribution in [1.29, 1.82) is 0 Å². The normalized spacial score (nSPS) is 9.43. The molecule has 0 spiro atoms. The van der Waals surface area contributed by atoms with Crippen LogP contribution in [0.2, 0.25) is 0 Å². The third kappa shape index (κ3) is 1.15. The number of halogens is 1. The molecule has 0 saturated carbocycles. The molecule has 2 nitrogen and oxygen atoms in total. The minimum Gasteiger partial charge on any atom is -0.278 e. The first-order chi connectivity index (χ1) is 3.29. The van der Waals surface area contributed by atoms with Crippen LogP contribution in [0.15, 0.2) is 12.5 Å². The standard InChI is InChI=1S/C4H5IN2/c1-4-2-7(5)3-6-4/h2-3H,1H3. The molecule has 0 amide bonds. The van der Waals surface area contributed by atoms with Gasteiger partial charge in [-0.3, -0.25) is 2.78 Å². The summed E-state index contributed by atoms with van der Waals surface area (Å²) in [5, 5.41) is 0. The predicted octanol–water partition coefficient (Wildman–Crippen LogP) is 1.39. The Balaban J connectivity index is 3.04. The van der Waals surface area contributed by atoms with E-state index in [4.69, 9.17) is 0 Å². The van der Waals surface area contributed by atoms with Crippen molar-refractivity contribution >= 4 is 22.9 Å². The van der Waals surface area contributed by atoms with Crippen LogP contribution in [0.25, 0.3) is 0 Å². The summed E-state index contributed by atoms with van der Waals surface area (Å²) in [6, 6.07) is 0. The monoisotopic (exact) mass is 208 g/mol. The van der Waals surface area contributed by atoms with E-state index < -0.39 is 0 Å². The van der Waals surface area contributed by atoms with E-state index in [1.54, 1.807) is 6.33 Å². The molecule has 0 bridgehead atoms. The lowest BCUT2D eigenvalue weighted by atomic mass is 10.6. The van der Waals surface area contributed by atoms with Gasteiger partial charge in [0, 0.05) is 6.20 Å². The first-order valence-corrected chi connectivity index (χ1v) is 2.92. The molecule has 0 aliphatic rings. The zero-order valence-electron chi connectivity index (χ0n) is 3.93. The Bertz CT molecular complexity index is 142. The number of aryl methyl sites for hydroxylation is 1. The molecular formula is C4H5IN2. The van der Waals surface area contributed by atoms with Gasteiger partial charge >= 0.3 is 0 Å². The van der Waals surface area contributed by atoms with Crippen LogP contribution < -0.4 is 0 Å². The van der Waals surface area contributed by atoms with Gasteiger partial charge < -0.3 is 0 Å². The molecule has 0 aliphatic carbocycles. The van der Waals surface area contributed by atoms with E-state index in [-0.39, 0.29) is 0 Å². The van der Waals surface area contributed by atoms with Gasteiger partial charge in [0.05, 0.1) is 28.6 Å². The summed E-state index contributed by atoms with van der Waals surface area (Å²) >= 11 is 2.15. The number of hydrogen-bond donors (Lipinski definition) is 0. The summed E-state index contributed by atoms with van der Waals surface area (Å²) in [4.78, 5) is 3.97. The second-order valence-corrected chi connectivity index (χ2v) is 2.47. The lowest BCUT2D eigenvalue weighted by Crippen LogP contribution is -1.63. The third-order valence-corrected chi connectivity index (χ3v) is 1.21. The largest absolute Gasteiger partial charge is 0.278 e. The van der Waals surface area contributed by atoms with Crippen LogP contribution >= 0.6 is 22.9 Å². The SMILES string of the molecule is Cc1cn(I)cn1. The Hall–Kier alpha value is -0.0600. The summed E-state index contributed by atoms with van der Waals surface area (Å²) in [7, 11) is 0. The maximum absolute atomic E-state index is 3.97. The molecule has 0 saturated heterocycles. The second kappa shape index (κ2) is 1.81. The quantitative estimate of drug-likeness (QED) is 0.589. The van der Waals surface area contributed by atoms with E-state index in [0.717, 1.165) is 5.69 Å². The van der Waals surface area contributed by atoms with Gasteiger partial charge in [-0.15, -0.1) is 0 Å². The lowest BCUT2D eigenvalue weighted by molar-refractivity contribution is 1.25. The predicted molar refractivity (Wildman–Crippen MR) is 36.4 cm³/mol. The highest BCUT2D eigenvalue weighted by molar-refractivity contribution is 14.1. The fourth-order valence-electron chi connectivity index (χ4n) is 0.391. The molecule has 7 heavy (non-hydrogen) atoms. The molecule has 1 heterocycles. The average Bonchev–Trinajstić information content (AvgIpc) is 1.87. The second-order valence-electron chi connectivity index (χ2n) is 1.36. The molecule has 3 heteroatoms. The van der Waals surface area contributed by atoms with Gasteiger partial charge in [-0.2, -0.15) is 0 Å². The number of aromatic nitrogens is 2. The highest BCUT2D eigenvalue weighted by Gasteiger charge is 1.83. The van der Waals surface area contributed by atoms with Gasteiger partial charge in [-0.1, -0.05) is 0 Å². The highest BCUT2D eigenvalue weighted by atomic mass is 127. The topological polar surface area (TPSA) is 17.8 Å². The number of nitrogens with zero attached hydrogens (tertiary/aromatic N) is 2. The van der Waals surface area contributed by atoms with Crippen molar-refractivity contribution in [2.24, 2.45) is 0 Å². The fourth-order valence-corrected chi connectivity index (χ4v) is 0.919. The molecule has 1 aromatic heterocycles. The fraction of sp³-hybridized carbons (Fsp3) is 0.250. The zero-order valence-corrected chi connectivity index (χ0v) is 6.08. The van der Waals surface area contributed by atoms with Crippen LogP contribution in [0.1, 0.15) is 5.69 Å². The molecule has 0 fully saturated rings. The number of imidazole rings is 1. The molecule has 38 valence electrons. The van der Waals surface area contributed by atoms with E-state index in [9.17, 15) is 0 Å². The first kappa shape index (κ1) is 5.08. The van der Waals surface area contributed by atoms with Crippen LogP contribution in [0.4, 0.5) is 0 Å². The van der Waals surface area contributed by atoms with Crippen molar-refractivity contribution < 1.29 is 0 Å². The Morgan fingerprint density at radius 1 is 1.86 bits per heavy atom. The van der Waals surface area contributed by atoms with Gasteiger partial charge in [0.2, 0.25) is 0 Å². The van der Waals surface area contributed by atoms with Gasteiger partial charge in [0.1, 0.15) is 6.33 Å². The Morgan fingerprint density at radius 2 is 2.57 bits per heavy atom. The van der Waals surface area contributed by atoms with Crippen molar-refractivity contribution in [3.8, 4) is 0 Å². The Kier molecular flexibility index (Phi) is 1.32. The van der Waals surface area contributed by atoms with Gasteiger partial charge in [0.25, 0.3) is 0 Å². The third-order valence-electron chi connectivity index (χ3n) is 0.682. The highest BCUT2D eigenvalue weighted by Crippen LogP contribution is 1.95. The van der Waals surface area contributed by atoms with Crippen LogP contribution in [0.5, 0.6) is 0 Å². The van der Waals surface area contributed by atoms with Crippen molar-refractivity contribution in [2.45, 2.75) is 6.92 Å². The summed E-state index contributed by atoms with van der Waals surface area (Å²) in [5.74, 6) is 0. The van der Waals surface area contributed by atoms with Crippen molar-refractivity contribution in [3.05, 3.63) is 18.2 Å². The van der Waals surface area contributed by atoms with Crippen LogP contribution in [-0.4, -0.2) is 7.76 Å². The molecule has 0 N–H and O–H groups in total. The van der Waals surface area contributed by atoms with E-state index >= 15 is 0 Å². The van der Waals surface area contributed by atoms with E-state index in [0.29, 0.717) is 0 Å². The van der Waals surface area contributed by atoms with Crippen LogP contribution in [0, 0.1) is 6.92 Å². The molecular weight excluding hydrogens is 203 g/mol. The van der Waals surface area contributed by atoms with Crippen molar-refractivity contribution in [2.75, 3.05) is 0 Å². The Labute approximate surface area is 56.1 Å². The molecule has 0 atom stereocenters. The van der Waals surface area contributed by atoms with E-state index in [1.807, 2.05) is 15.9 Å². The maximum Gasteiger partial charge on any atom is 0.104 e. The molecule has 0 aliphatic heterocycles. The minimum atomic E-state index is 1.06.